The maximum Gasteiger partial charge on any atom is 0.180 e. The summed E-state index contributed by atoms with van der Waals surface area (Å²) < 4.78 is 13.5. The molecular weight excluding hydrogens is 448 g/mol. The van der Waals surface area contributed by atoms with Crippen LogP contribution in [0.15, 0.2) is 155 Å². The van der Waals surface area contributed by atoms with Gasteiger partial charge in [0.1, 0.15) is 12.5 Å². The highest BCUT2D eigenvalue weighted by atomic mass is 16.3. The summed E-state index contributed by atoms with van der Waals surface area (Å²) >= 11 is 0. The Morgan fingerprint density at radius 1 is 0.600 bits per heavy atom. The number of hydrogen-bond acceptors (Lipinski definition) is 8. The van der Waals surface area contributed by atoms with Crippen LogP contribution in [-0.4, -0.2) is 41.3 Å². The van der Waals surface area contributed by atoms with Crippen LogP contribution in [0.2, 0.25) is 0 Å². The van der Waals surface area contributed by atoms with E-state index in [4.69, 9.17) is 0 Å². The summed E-state index contributed by atoms with van der Waals surface area (Å²) in [5.74, 6) is 0. The Morgan fingerprint density at radius 3 is 1.51 bits per heavy atom. The van der Waals surface area contributed by atoms with Crippen LogP contribution in [0.1, 0.15) is 6.42 Å². The van der Waals surface area contributed by atoms with Crippen molar-refractivity contribution in [2.24, 2.45) is 4.99 Å². The van der Waals surface area contributed by atoms with Gasteiger partial charge in [0, 0.05) is 56.0 Å². The molecule has 0 bridgehead atoms. The van der Waals surface area contributed by atoms with E-state index in [1.807, 2.05) is 55.0 Å². The Morgan fingerprint density at radius 2 is 1.34 bits per heavy atom. The number of aromatic nitrogens is 7. The first kappa shape index (κ1) is 27.8. The first-order valence-corrected chi connectivity index (χ1v) is 10.2. The quantitative estimate of drug-likeness (QED) is 0.264. The summed E-state index contributed by atoms with van der Waals surface area (Å²) in [5.41, 5.74) is 0. The van der Waals surface area contributed by atoms with Crippen molar-refractivity contribution in [2.45, 2.75) is 6.42 Å². The van der Waals surface area contributed by atoms with E-state index in [1.54, 1.807) is 62.2 Å². The highest BCUT2D eigenvalue weighted by molar-refractivity contribution is 5.62. The number of hydrogen-bond donors (Lipinski definition) is 3. The molecular formula is C24H28N8O3. The van der Waals surface area contributed by atoms with Gasteiger partial charge in [-0.3, -0.25) is 10.1 Å². The maximum atomic E-state index is 4.58. The van der Waals surface area contributed by atoms with Gasteiger partial charge in [-0.15, -0.1) is 0 Å². The van der Waals surface area contributed by atoms with Crippen molar-refractivity contribution in [1.29, 1.82) is 0 Å². The molecule has 11 heteroatoms. The van der Waals surface area contributed by atoms with Crippen LogP contribution in [0, 0.1) is 0 Å². The fourth-order valence-corrected chi connectivity index (χ4v) is 1.59. The van der Waals surface area contributed by atoms with Gasteiger partial charge in [0.2, 0.25) is 0 Å². The topological polar surface area (TPSA) is 151 Å². The second-order valence-electron chi connectivity index (χ2n) is 5.51. The number of imidazole rings is 1. The van der Waals surface area contributed by atoms with Crippen molar-refractivity contribution in [1.82, 2.24) is 35.1 Å². The standard InChI is InChI=1S/2C4H5N.C4H4O.2C3H4N2.2C3H3NO/c3*1-2-4-5-3-1;1-2-5-3-4-1;1-2-4-5-3-1;2*1-2-5-3-4-1/h1,3-4H,2H2;1-5H;1-4H;2*1-3H,(H,4,5);2*1-3H. The van der Waals surface area contributed by atoms with E-state index in [0.29, 0.717) is 0 Å². The predicted molar refractivity (Wildman–Crippen MR) is 132 cm³/mol. The zero-order valence-corrected chi connectivity index (χ0v) is 18.9. The number of aliphatic imine (C=N–C) groups is 1. The van der Waals surface area contributed by atoms with E-state index >= 15 is 0 Å². The second-order valence-corrected chi connectivity index (χ2v) is 5.51. The molecule has 182 valence electrons. The first-order valence-electron chi connectivity index (χ1n) is 10.2. The van der Waals surface area contributed by atoms with Gasteiger partial charge < -0.3 is 23.2 Å². The minimum Gasteiger partial charge on any atom is -0.473 e. The molecule has 0 radical (unpaired) electrons. The van der Waals surface area contributed by atoms with Crippen molar-refractivity contribution < 1.29 is 13.3 Å². The molecule has 0 fully saturated rings. The molecule has 6 aromatic rings. The molecule has 3 N–H and O–H groups in total. The normalized spacial score (nSPS) is 9.37. The Labute approximate surface area is 202 Å². The van der Waals surface area contributed by atoms with Crippen molar-refractivity contribution in [2.75, 3.05) is 0 Å². The SMILES string of the molecule is C1=CN=CC1.c1c[nH]cn1.c1cc[nH]c1.c1ccoc1.c1cn[nH]c1.c1cocn1.c1cocn1. The average Bonchev–Trinajstić information content (AvgIpc) is 3.81. The van der Waals surface area contributed by atoms with Gasteiger partial charge >= 0.3 is 0 Å². The summed E-state index contributed by atoms with van der Waals surface area (Å²) in [5, 5.41) is 6.21. The molecule has 1 aliphatic rings. The van der Waals surface area contributed by atoms with Crippen LogP contribution in [0.25, 0.3) is 0 Å². The number of nitrogens with one attached hydrogen (secondary N) is 3. The average molecular weight is 477 g/mol. The van der Waals surface area contributed by atoms with E-state index in [-0.39, 0.29) is 0 Å². The van der Waals surface area contributed by atoms with Gasteiger partial charge in [0.05, 0.1) is 31.2 Å². The molecule has 0 saturated heterocycles. The Balaban J connectivity index is 0.000000204. The third-order valence-electron chi connectivity index (χ3n) is 2.97. The summed E-state index contributed by atoms with van der Waals surface area (Å²) in [6, 6.07) is 9.39. The van der Waals surface area contributed by atoms with Crippen LogP contribution in [0.4, 0.5) is 0 Å². The molecule has 0 spiro atoms. The zero-order valence-electron chi connectivity index (χ0n) is 18.9. The monoisotopic (exact) mass is 476 g/mol. The minimum absolute atomic E-state index is 1.03. The highest BCUT2D eigenvalue weighted by Crippen LogP contribution is 1.86. The predicted octanol–water partition coefficient (Wildman–Crippen LogP) is 5.44. The summed E-state index contributed by atoms with van der Waals surface area (Å²) in [7, 11) is 0. The minimum atomic E-state index is 1.03. The fourth-order valence-electron chi connectivity index (χ4n) is 1.59. The molecule has 35 heavy (non-hydrogen) atoms. The number of oxazole rings is 2. The van der Waals surface area contributed by atoms with Crippen molar-refractivity contribution >= 4 is 6.21 Å². The third kappa shape index (κ3) is 23.3. The lowest BCUT2D eigenvalue weighted by Gasteiger charge is -1.54. The van der Waals surface area contributed by atoms with Crippen LogP contribution >= 0.6 is 0 Å². The van der Waals surface area contributed by atoms with Gasteiger partial charge in [0.15, 0.2) is 12.8 Å². The van der Waals surface area contributed by atoms with E-state index in [9.17, 15) is 0 Å². The van der Waals surface area contributed by atoms with E-state index in [2.05, 4.69) is 53.4 Å². The molecule has 0 saturated carbocycles. The summed E-state index contributed by atoms with van der Waals surface area (Å²) in [6.45, 7) is 0. The summed E-state index contributed by atoms with van der Waals surface area (Å²) in [4.78, 5) is 20.2. The second kappa shape index (κ2) is 25.1. The number of H-pyrrole nitrogens is 3. The van der Waals surface area contributed by atoms with E-state index < -0.39 is 0 Å². The van der Waals surface area contributed by atoms with Gasteiger partial charge in [-0.2, -0.15) is 5.10 Å². The Kier molecular flexibility index (Phi) is 19.9. The summed E-state index contributed by atoms with van der Waals surface area (Å²) in [6.07, 6.45) is 31.2. The number of rotatable bonds is 0. The van der Waals surface area contributed by atoms with Crippen LogP contribution in [-0.2, 0) is 0 Å². The van der Waals surface area contributed by atoms with Gasteiger partial charge in [-0.1, -0.05) is 6.08 Å². The smallest absolute Gasteiger partial charge is 0.180 e. The van der Waals surface area contributed by atoms with Crippen LogP contribution in [0.5, 0.6) is 0 Å². The zero-order chi connectivity index (χ0) is 24.7. The number of nitrogens with zero attached hydrogens (tertiary/aromatic N) is 5. The molecule has 0 amide bonds. The van der Waals surface area contributed by atoms with Gasteiger partial charge in [-0.25, -0.2) is 15.0 Å². The lowest BCUT2D eigenvalue weighted by Crippen LogP contribution is -1.53. The van der Waals surface area contributed by atoms with E-state index in [0.717, 1.165) is 6.42 Å². The molecule has 6 aromatic heterocycles. The van der Waals surface area contributed by atoms with Gasteiger partial charge in [0.25, 0.3) is 0 Å². The highest BCUT2D eigenvalue weighted by Gasteiger charge is 1.73. The molecule has 0 unspecified atom stereocenters. The Bertz CT molecular complexity index is 738. The molecule has 7 rings (SSSR count). The van der Waals surface area contributed by atoms with Crippen LogP contribution < -0.4 is 0 Å². The van der Waals surface area contributed by atoms with Gasteiger partial charge in [-0.05, 0) is 30.3 Å². The van der Waals surface area contributed by atoms with Crippen molar-refractivity contribution in [3.05, 3.63) is 136 Å². The lowest BCUT2D eigenvalue weighted by atomic mass is 10.5. The molecule has 7 heterocycles. The lowest BCUT2D eigenvalue weighted by molar-refractivity contribution is 0.557. The molecule has 0 aliphatic carbocycles. The molecule has 0 aromatic carbocycles. The molecule has 11 nitrogen and oxygen atoms in total. The maximum absolute atomic E-state index is 4.58. The number of aromatic amines is 3. The van der Waals surface area contributed by atoms with Crippen molar-refractivity contribution in [3.8, 4) is 0 Å². The molecule has 1 aliphatic heterocycles. The first-order chi connectivity index (χ1) is 17.5. The number of furan rings is 1. The number of allylic oxidation sites excluding steroid dienone is 1. The Hall–Kier alpha value is -5.19. The third-order valence-corrected chi connectivity index (χ3v) is 2.97. The largest absolute Gasteiger partial charge is 0.473 e. The molecule has 0 atom stereocenters. The fraction of sp³-hybridized carbons (Fsp3) is 0.0417. The van der Waals surface area contributed by atoms with E-state index in [1.165, 1.54) is 25.3 Å². The van der Waals surface area contributed by atoms with Crippen LogP contribution in [0.3, 0.4) is 0 Å². The van der Waals surface area contributed by atoms with Crippen molar-refractivity contribution in [3.63, 3.8) is 0 Å².